The Hall–Kier alpha value is -0.450. The second-order valence-corrected chi connectivity index (χ2v) is 15.1. The van der Waals surface area contributed by atoms with E-state index in [9.17, 15) is 15.0 Å². The molecule has 34 heavy (non-hydrogen) atoms. The smallest absolute Gasteiger partial charge is 0.138 e. The quantitative estimate of drug-likeness (QED) is 0.521. The van der Waals surface area contributed by atoms with Crippen molar-refractivity contribution in [3.05, 3.63) is 0 Å². The van der Waals surface area contributed by atoms with Crippen molar-refractivity contribution in [3.8, 4) is 0 Å². The average molecular weight is 475 g/mol. The van der Waals surface area contributed by atoms with Crippen LogP contribution in [0, 0.1) is 45.3 Å². The van der Waals surface area contributed by atoms with E-state index in [1.807, 2.05) is 13.8 Å². The lowest BCUT2D eigenvalue weighted by molar-refractivity contribution is -0.251. The molecule has 5 aliphatic rings. The van der Waals surface area contributed by atoms with Crippen LogP contribution in [0.5, 0.6) is 0 Å². The van der Waals surface area contributed by atoms with Gasteiger partial charge in [-0.05, 0) is 107 Å². The van der Waals surface area contributed by atoms with Crippen LogP contribution in [0.1, 0.15) is 113 Å². The third-order valence-corrected chi connectivity index (χ3v) is 13.1. The number of ketones is 1. The van der Waals surface area contributed by atoms with Gasteiger partial charge >= 0.3 is 0 Å². The van der Waals surface area contributed by atoms with Crippen molar-refractivity contribution < 1.29 is 19.7 Å². The molecule has 1 aliphatic heterocycles. The van der Waals surface area contributed by atoms with Gasteiger partial charge in [-0.2, -0.15) is 0 Å². The number of hydrogen-bond donors (Lipinski definition) is 2. The van der Waals surface area contributed by atoms with Crippen LogP contribution >= 0.6 is 0 Å². The van der Waals surface area contributed by atoms with Crippen LogP contribution < -0.4 is 0 Å². The lowest BCUT2D eigenvalue weighted by Crippen LogP contribution is -2.68. The van der Waals surface area contributed by atoms with Gasteiger partial charge in [-0.25, -0.2) is 0 Å². The fourth-order valence-corrected chi connectivity index (χ4v) is 10.9. The molecule has 5 fully saturated rings. The molecule has 4 nitrogen and oxygen atoms in total. The van der Waals surface area contributed by atoms with Crippen molar-refractivity contribution in [1.29, 1.82) is 0 Å². The summed E-state index contributed by atoms with van der Waals surface area (Å²) in [4.78, 5) is 12.9. The predicted octanol–water partition coefficient (Wildman–Crippen LogP) is 5.92. The minimum Gasteiger partial charge on any atom is -0.393 e. The Labute approximate surface area is 207 Å². The average Bonchev–Trinajstić information content (AvgIpc) is 3.30. The van der Waals surface area contributed by atoms with Crippen LogP contribution in [0.15, 0.2) is 0 Å². The molecule has 0 aromatic rings. The van der Waals surface area contributed by atoms with Gasteiger partial charge in [0.1, 0.15) is 5.78 Å². The van der Waals surface area contributed by atoms with E-state index in [0.717, 1.165) is 44.9 Å². The SMILES string of the molecule is CC(C)(O)C1CCC(C)(C2CCC3(C)C2CCC2C4(C)CCC(=O)C(C)(C)C4CC(O)C23C)O1. The van der Waals surface area contributed by atoms with Gasteiger partial charge in [-0.1, -0.05) is 34.6 Å². The molecule has 0 bridgehead atoms. The number of carbonyl (C=O) groups excluding carboxylic acids is 1. The Morgan fingerprint density at radius 1 is 0.882 bits per heavy atom. The summed E-state index contributed by atoms with van der Waals surface area (Å²) in [7, 11) is 0. The van der Waals surface area contributed by atoms with Gasteiger partial charge < -0.3 is 14.9 Å². The molecule has 0 aromatic heterocycles. The van der Waals surface area contributed by atoms with E-state index in [0.29, 0.717) is 30.0 Å². The first kappa shape index (κ1) is 25.2. The zero-order valence-corrected chi connectivity index (χ0v) is 23.0. The standard InChI is InChI=1S/C30H50O4/c1-25(2)21-17-23(32)30(8)20(27(21,5)14-12-22(25)31)10-9-18-19(11-15-28(18,30)6)29(7)16-13-24(34-29)26(3,4)33/h18-21,23-24,32-33H,9-17H2,1-8H3. The number of aliphatic hydroxyl groups excluding tert-OH is 1. The lowest BCUT2D eigenvalue weighted by atomic mass is 9.35. The van der Waals surface area contributed by atoms with Gasteiger partial charge in [0, 0.05) is 17.3 Å². The van der Waals surface area contributed by atoms with Crippen LogP contribution in [0.2, 0.25) is 0 Å². The maximum Gasteiger partial charge on any atom is 0.138 e. The van der Waals surface area contributed by atoms with Gasteiger partial charge in [-0.3, -0.25) is 4.79 Å². The van der Waals surface area contributed by atoms with E-state index in [1.165, 1.54) is 6.42 Å². The molecule has 10 unspecified atom stereocenters. The molecule has 1 heterocycles. The topological polar surface area (TPSA) is 66.8 Å². The highest BCUT2D eigenvalue weighted by Crippen LogP contribution is 2.75. The number of carbonyl (C=O) groups is 1. The van der Waals surface area contributed by atoms with E-state index < -0.39 is 5.60 Å². The fraction of sp³-hybridized carbons (Fsp3) is 0.967. The van der Waals surface area contributed by atoms with Gasteiger partial charge in [0.05, 0.1) is 23.4 Å². The molecule has 4 aliphatic carbocycles. The Morgan fingerprint density at radius 2 is 1.56 bits per heavy atom. The first-order chi connectivity index (χ1) is 15.5. The summed E-state index contributed by atoms with van der Waals surface area (Å²) in [5.74, 6) is 2.11. The summed E-state index contributed by atoms with van der Waals surface area (Å²) in [6, 6.07) is 0. The molecule has 0 amide bonds. The second-order valence-electron chi connectivity index (χ2n) is 15.1. The summed E-state index contributed by atoms with van der Waals surface area (Å²) < 4.78 is 6.68. The van der Waals surface area contributed by atoms with Crippen molar-refractivity contribution in [3.63, 3.8) is 0 Å². The Bertz CT molecular complexity index is 858. The van der Waals surface area contributed by atoms with Crippen LogP contribution in [0.25, 0.3) is 0 Å². The number of Topliss-reactive ketones (excluding diaryl/α,β-unsaturated/α-hetero) is 1. The minimum absolute atomic E-state index is 0.0682. The van der Waals surface area contributed by atoms with Gasteiger partial charge in [-0.15, -0.1) is 0 Å². The summed E-state index contributed by atoms with van der Waals surface area (Å²) in [5, 5.41) is 22.6. The first-order valence-corrected chi connectivity index (χ1v) is 14.1. The molecule has 2 N–H and O–H groups in total. The lowest BCUT2D eigenvalue weighted by Gasteiger charge is -2.70. The van der Waals surface area contributed by atoms with Crippen molar-refractivity contribution in [2.75, 3.05) is 0 Å². The summed E-state index contributed by atoms with van der Waals surface area (Å²) in [6.45, 7) is 17.7. The first-order valence-electron chi connectivity index (χ1n) is 14.1. The molecule has 10 atom stereocenters. The zero-order chi connectivity index (χ0) is 25.1. The molecule has 4 heteroatoms. The van der Waals surface area contributed by atoms with Crippen LogP contribution in [0.4, 0.5) is 0 Å². The summed E-state index contributed by atoms with van der Waals surface area (Å²) in [5.41, 5.74) is -1.31. The summed E-state index contributed by atoms with van der Waals surface area (Å²) >= 11 is 0. The number of rotatable bonds is 2. The second kappa shape index (κ2) is 7.32. The van der Waals surface area contributed by atoms with E-state index in [2.05, 4.69) is 41.5 Å². The summed E-state index contributed by atoms with van der Waals surface area (Å²) in [6.07, 6.45) is 8.51. The van der Waals surface area contributed by atoms with E-state index in [4.69, 9.17) is 4.74 Å². The third kappa shape index (κ3) is 3.03. The number of fused-ring (bicyclic) bond motifs is 5. The highest BCUT2D eigenvalue weighted by atomic mass is 16.5. The van der Waals surface area contributed by atoms with E-state index >= 15 is 0 Å². The van der Waals surface area contributed by atoms with Gasteiger partial charge in [0.15, 0.2) is 0 Å². The van der Waals surface area contributed by atoms with Crippen molar-refractivity contribution in [2.24, 2.45) is 45.3 Å². The Balaban J connectivity index is 1.48. The molecule has 0 spiro atoms. The third-order valence-electron chi connectivity index (χ3n) is 13.1. The molecule has 0 radical (unpaired) electrons. The maximum absolute atomic E-state index is 12.9. The van der Waals surface area contributed by atoms with E-state index in [-0.39, 0.29) is 45.4 Å². The number of hydrogen-bond acceptors (Lipinski definition) is 4. The van der Waals surface area contributed by atoms with E-state index in [1.54, 1.807) is 0 Å². The molecular formula is C30H50O4. The molecule has 1 saturated heterocycles. The molecular weight excluding hydrogens is 424 g/mol. The van der Waals surface area contributed by atoms with Crippen LogP contribution in [-0.2, 0) is 9.53 Å². The Kier molecular flexibility index (Phi) is 5.42. The van der Waals surface area contributed by atoms with Crippen LogP contribution in [0.3, 0.4) is 0 Å². The highest BCUT2D eigenvalue weighted by Gasteiger charge is 2.72. The van der Waals surface area contributed by atoms with Gasteiger partial charge in [0.25, 0.3) is 0 Å². The maximum atomic E-state index is 12.9. The van der Waals surface area contributed by atoms with Crippen molar-refractivity contribution in [1.82, 2.24) is 0 Å². The monoisotopic (exact) mass is 474 g/mol. The number of ether oxygens (including phenoxy) is 1. The molecule has 0 aromatic carbocycles. The number of aliphatic hydroxyl groups is 2. The highest BCUT2D eigenvalue weighted by molar-refractivity contribution is 5.85. The zero-order valence-electron chi connectivity index (χ0n) is 23.0. The molecule has 5 rings (SSSR count). The minimum atomic E-state index is -0.808. The van der Waals surface area contributed by atoms with Gasteiger partial charge in [0.2, 0.25) is 0 Å². The predicted molar refractivity (Wildman–Crippen MR) is 134 cm³/mol. The van der Waals surface area contributed by atoms with Crippen LogP contribution in [-0.4, -0.2) is 39.4 Å². The largest absolute Gasteiger partial charge is 0.393 e. The normalized spacial score (nSPS) is 54.9. The Morgan fingerprint density at radius 3 is 2.18 bits per heavy atom. The molecule has 194 valence electrons. The fourth-order valence-electron chi connectivity index (χ4n) is 10.9. The van der Waals surface area contributed by atoms with Crippen molar-refractivity contribution >= 4 is 5.78 Å². The van der Waals surface area contributed by atoms with Crippen molar-refractivity contribution in [2.45, 2.75) is 137 Å². The molecule has 4 saturated carbocycles.